The van der Waals surface area contributed by atoms with Gasteiger partial charge in [0, 0.05) is 13.3 Å². The second kappa shape index (κ2) is 3.85. The molecule has 1 aliphatic rings. The molecule has 0 saturated carbocycles. The molecule has 0 bridgehead atoms. The molecule has 1 aliphatic heterocycles. The van der Waals surface area contributed by atoms with Crippen LogP contribution in [0.1, 0.15) is 26.7 Å². The van der Waals surface area contributed by atoms with Crippen LogP contribution in [0.15, 0.2) is 0 Å². The van der Waals surface area contributed by atoms with Crippen molar-refractivity contribution in [3.63, 3.8) is 0 Å². The summed E-state index contributed by atoms with van der Waals surface area (Å²) >= 11 is 0. The van der Waals surface area contributed by atoms with E-state index in [4.69, 9.17) is 4.74 Å². The van der Waals surface area contributed by atoms with Crippen molar-refractivity contribution in [1.82, 2.24) is 0 Å². The first-order valence-corrected chi connectivity index (χ1v) is 4.10. The van der Waals surface area contributed by atoms with Gasteiger partial charge in [-0.1, -0.05) is 6.92 Å². The van der Waals surface area contributed by atoms with Crippen LogP contribution in [0.2, 0.25) is 0 Å². The highest BCUT2D eigenvalue weighted by Gasteiger charge is 2.36. The summed E-state index contributed by atoms with van der Waals surface area (Å²) in [6, 6.07) is 0. The Labute approximate surface area is 70.8 Å². The maximum Gasteiger partial charge on any atom is 0.305 e. The van der Waals surface area contributed by atoms with Crippen LogP contribution >= 0.6 is 0 Å². The molecule has 12 heavy (non-hydrogen) atoms. The largest absolute Gasteiger partial charge is 0.433 e. The first-order valence-electron chi connectivity index (χ1n) is 4.10. The van der Waals surface area contributed by atoms with Crippen LogP contribution in [0, 0.1) is 0 Å². The molecule has 1 unspecified atom stereocenters. The van der Waals surface area contributed by atoms with E-state index in [1.54, 1.807) is 0 Å². The number of alkyl halides is 1. The lowest BCUT2D eigenvalue weighted by Crippen LogP contribution is -2.23. The van der Waals surface area contributed by atoms with Gasteiger partial charge in [-0.05, 0) is 6.42 Å². The molecule has 0 spiro atoms. The minimum Gasteiger partial charge on any atom is -0.433 e. The van der Waals surface area contributed by atoms with Crippen LogP contribution in [-0.4, -0.2) is 24.5 Å². The molecule has 3 nitrogen and oxygen atoms in total. The van der Waals surface area contributed by atoms with Gasteiger partial charge >= 0.3 is 5.97 Å². The Bertz CT molecular complexity index is 172. The van der Waals surface area contributed by atoms with Crippen molar-refractivity contribution in [3.8, 4) is 0 Å². The number of halogens is 1. The van der Waals surface area contributed by atoms with E-state index in [0.717, 1.165) is 6.42 Å². The van der Waals surface area contributed by atoms with Crippen molar-refractivity contribution in [2.45, 2.75) is 45.3 Å². The van der Waals surface area contributed by atoms with Crippen molar-refractivity contribution in [3.05, 3.63) is 0 Å². The molecule has 1 saturated heterocycles. The van der Waals surface area contributed by atoms with E-state index in [1.807, 2.05) is 6.92 Å². The molecule has 0 aromatic heterocycles. The number of ether oxygens (including phenoxy) is 2. The topological polar surface area (TPSA) is 35.5 Å². The lowest BCUT2D eigenvalue weighted by atomic mass is 10.2. The van der Waals surface area contributed by atoms with E-state index in [2.05, 4.69) is 4.74 Å². The highest BCUT2D eigenvalue weighted by Crippen LogP contribution is 2.25. The first-order chi connectivity index (χ1) is 5.63. The van der Waals surface area contributed by atoms with Crippen LogP contribution in [0.5, 0.6) is 0 Å². The van der Waals surface area contributed by atoms with Crippen molar-refractivity contribution in [2.75, 3.05) is 0 Å². The summed E-state index contributed by atoms with van der Waals surface area (Å²) in [6.45, 7) is 3.16. The molecule has 0 radical (unpaired) electrons. The number of carbonyl (C=O) groups excluding carboxylic acids is 1. The fourth-order valence-electron chi connectivity index (χ4n) is 1.22. The molecule has 0 amide bonds. The Kier molecular flexibility index (Phi) is 3.03. The van der Waals surface area contributed by atoms with Crippen LogP contribution in [0.3, 0.4) is 0 Å². The Hall–Kier alpha value is -0.640. The summed E-state index contributed by atoms with van der Waals surface area (Å²) in [5, 5.41) is 0. The van der Waals surface area contributed by atoms with E-state index < -0.39 is 18.4 Å². The minimum absolute atomic E-state index is 0.107. The van der Waals surface area contributed by atoms with Gasteiger partial charge in [-0.15, -0.1) is 0 Å². The highest BCUT2D eigenvalue weighted by atomic mass is 19.1. The third-order valence-corrected chi connectivity index (χ3v) is 1.85. The smallest absolute Gasteiger partial charge is 0.305 e. The van der Waals surface area contributed by atoms with Gasteiger partial charge in [0.05, 0.1) is 6.10 Å². The molecular formula is C8H13FO3. The predicted octanol–water partition coefficient (Wildman–Crippen LogP) is 1.41. The molecule has 1 fully saturated rings. The van der Waals surface area contributed by atoms with E-state index in [9.17, 15) is 9.18 Å². The van der Waals surface area contributed by atoms with E-state index in [0.29, 0.717) is 6.42 Å². The number of esters is 1. The van der Waals surface area contributed by atoms with Gasteiger partial charge in [-0.25, -0.2) is 4.39 Å². The normalized spacial score (nSPS) is 35.1. The lowest BCUT2D eigenvalue weighted by Gasteiger charge is -2.12. The maximum atomic E-state index is 13.0. The predicted molar refractivity (Wildman–Crippen MR) is 40.2 cm³/mol. The number of carbonyl (C=O) groups is 1. The van der Waals surface area contributed by atoms with Crippen molar-refractivity contribution >= 4 is 5.97 Å². The van der Waals surface area contributed by atoms with Gasteiger partial charge in [0.15, 0.2) is 6.17 Å². The Morgan fingerprint density at radius 3 is 2.83 bits per heavy atom. The summed E-state index contributed by atoms with van der Waals surface area (Å²) in [4.78, 5) is 10.5. The quantitative estimate of drug-likeness (QED) is 0.597. The molecule has 0 N–H and O–H groups in total. The van der Waals surface area contributed by atoms with Crippen molar-refractivity contribution < 1.29 is 18.7 Å². The minimum atomic E-state index is -1.17. The van der Waals surface area contributed by atoms with Crippen molar-refractivity contribution in [2.24, 2.45) is 0 Å². The standard InChI is InChI=1S/C8H13FO3/c1-3-6-4-7(9)8(12-6)11-5(2)10/h6-8H,3-4H2,1-2H3/t6-,7?,8-/m1/s1. The monoisotopic (exact) mass is 176 g/mol. The van der Waals surface area contributed by atoms with Gasteiger partial charge in [-0.3, -0.25) is 4.79 Å². The van der Waals surface area contributed by atoms with Gasteiger partial charge in [0.25, 0.3) is 0 Å². The molecular weight excluding hydrogens is 163 g/mol. The first kappa shape index (κ1) is 9.45. The van der Waals surface area contributed by atoms with Gasteiger partial charge < -0.3 is 9.47 Å². The average Bonchev–Trinajstić information content (AvgIpc) is 2.31. The molecule has 0 aromatic rings. The lowest BCUT2D eigenvalue weighted by molar-refractivity contribution is -0.180. The second-order valence-corrected chi connectivity index (χ2v) is 2.90. The molecule has 3 atom stereocenters. The molecule has 1 heterocycles. The summed E-state index contributed by atoms with van der Waals surface area (Å²) in [7, 11) is 0. The van der Waals surface area contributed by atoms with Crippen molar-refractivity contribution in [1.29, 1.82) is 0 Å². The third kappa shape index (κ3) is 2.17. The third-order valence-electron chi connectivity index (χ3n) is 1.85. The summed E-state index contributed by atoms with van der Waals surface area (Å²) in [6.07, 6.45) is -1.18. The van der Waals surface area contributed by atoms with Gasteiger partial charge in [0.2, 0.25) is 6.29 Å². The number of hydrogen-bond acceptors (Lipinski definition) is 3. The zero-order chi connectivity index (χ0) is 9.14. The summed E-state index contributed by atoms with van der Waals surface area (Å²) in [5.41, 5.74) is 0. The highest BCUT2D eigenvalue weighted by molar-refractivity contribution is 5.66. The Balaban J connectivity index is 2.40. The van der Waals surface area contributed by atoms with E-state index in [-0.39, 0.29) is 6.10 Å². The summed E-state index contributed by atoms with van der Waals surface area (Å²) in [5.74, 6) is -0.501. The number of rotatable bonds is 2. The molecule has 70 valence electrons. The molecule has 1 rings (SSSR count). The van der Waals surface area contributed by atoms with Crippen LogP contribution in [0.4, 0.5) is 4.39 Å². The van der Waals surface area contributed by atoms with Crippen LogP contribution in [-0.2, 0) is 14.3 Å². The van der Waals surface area contributed by atoms with Gasteiger partial charge in [-0.2, -0.15) is 0 Å². The number of hydrogen-bond donors (Lipinski definition) is 0. The van der Waals surface area contributed by atoms with Crippen LogP contribution in [0.25, 0.3) is 0 Å². The average molecular weight is 176 g/mol. The SMILES string of the molecule is CC[C@@H]1CC(F)[C@H](OC(C)=O)O1. The fraction of sp³-hybridized carbons (Fsp3) is 0.875. The zero-order valence-corrected chi connectivity index (χ0v) is 7.25. The van der Waals surface area contributed by atoms with E-state index >= 15 is 0 Å². The maximum absolute atomic E-state index is 13.0. The van der Waals surface area contributed by atoms with Crippen LogP contribution < -0.4 is 0 Å². The second-order valence-electron chi connectivity index (χ2n) is 2.90. The summed E-state index contributed by atoms with van der Waals surface area (Å²) < 4.78 is 22.7. The Morgan fingerprint density at radius 2 is 2.42 bits per heavy atom. The Morgan fingerprint density at radius 1 is 1.75 bits per heavy atom. The molecule has 4 heteroatoms. The zero-order valence-electron chi connectivity index (χ0n) is 7.25. The molecule has 0 aliphatic carbocycles. The van der Waals surface area contributed by atoms with E-state index in [1.165, 1.54) is 6.92 Å². The van der Waals surface area contributed by atoms with Gasteiger partial charge in [0.1, 0.15) is 0 Å². The molecule has 0 aromatic carbocycles. The fourth-order valence-corrected chi connectivity index (χ4v) is 1.22.